The van der Waals surface area contributed by atoms with Crippen molar-refractivity contribution in [2.24, 2.45) is 0 Å². The van der Waals surface area contributed by atoms with Crippen LogP contribution in [0.2, 0.25) is 0 Å². The van der Waals surface area contributed by atoms with E-state index in [1.54, 1.807) is 36.4 Å². The standard InChI is InChI=1S/C23H27NO5S2/c1-4-18(3)24(17-19-10-13-22(14-11-19)29-30(25,26)5-2)31(27,28)23-15-12-20-8-6-7-9-21(20)16-23/h6-16,18H,4-5,17H2,1-3H3. The summed E-state index contributed by atoms with van der Waals surface area (Å²) in [7, 11) is -7.35. The molecule has 0 aliphatic carbocycles. The van der Waals surface area contributed by atoms with E-state index in [-0.39, 0.29) is 29.0 Å². The van der Waals surface area contributed by atoms with Crippen LogP contribution in [0.3, 0.4) is 0 Å². The van der Waals surface area contributed by atoms with Crippen molar-refractivity contribution in [1.29, 1.82) is 0 Å². The highest BCUT2D eigenvalue weighted by Crippen LogP contribution is 2.26. The van der Waals surface area contributed by atoms with E-state index >= 15 is 0 Å². The largest absolute Gasteiger partial charge is 0.382 e. The van der Waals surface area contributed by atoms with Gasteiger partial charge in [-0.25, -0.2) is 8.42 Å². The van der Waals surface area contributed by atoms with Gasteiger partial charge in [-0.1, -0.05) is 49.4 Å². The average molecular weight is 462 g/mol. The van der Waals surface area contributed by atoms with Crippen LogP contribution >= 0.6 is 0 Å². The molecular weight excluding hydrogens is 434 g/mol. The van der Waals surface area contributed by atoms with E-state index in [9.17, 15) is 16.8 Å². The summed E-state index contributed by atoms with van der Waals surface area (Å²) in [6, 6.07) is 19.0. The smallest absolute Gasteiger partial charge is 0.308 e. The van der Waals surface area contributed by atoms with Crippen molar-refractivity contribution in [2.75, 3.05) is 5.75 Å². The summed E-state index contributed by atoms with van der Waals surface area (Å²) in [6.45, 7) is 5.50. The number of fused-ring (bicyclic) bond motifs is 1. The van der Waals surface area contributed by atoms with Gasteiger partial charge in [0, 0.05) is 12.6 Å². The molecule has 3 rings (SSSR count). The molecule has 1 unspecified atom stereocenters. The van der Waals surface area contributed by atoms with Gasteiger partial charge in [0.2, 0.25) is 10.0 Å². The van der Waals surface area contributed by atoms with Gasteiger partial charge in [-0.2, -0.15) is 12.7 Å². The third-order valence-electron chi connectivity index (χ3n) is 5.25. The molecule has 0 radical (unpaired) electrons. The zero-order valence-corrected chi connectivity index (χ0v) is 19.5. The molecule has 3 aromatic rings. The molecule has 0 saturated carbocycles. The molecule has 0 aliphatic heterocycles. The lowest BCUT2D eigenvalue weighted by Crippen LogP contribution is -2.37. The SMILES string of the molecule is CCC(C)N(Cc1ccc(OS(=O)(=O)CC)cc1)S(=O)(=O)c1ccc2ccccc2c1. The molecule has 0 aromatic heterocycles. The molecule has 0 fully saturated rings. The van der Waals surface area contributed by atoms with Crippen molar-refractivity contribution in [1.82, 2.24) is 4.31 Å². The van der Waals surface area contributed by atoms with E-state index in [2.05, 4.69) is 0 Å². The zero-order valence-electron chi connectivity index (χ0n) is 17.9. The van der Waals surface area contributed by atoms with Crippen LogP contribution in [0.4, 0.5) is 0 Å². The topological polar surface area (TPSA) is 80.8 Å². The highest BCUT2D eigenvalue weighted by Gasteiger charge is 2.28. The molecule has 0 spiro atoms. The molecule has 0 N–H and O–H groups in total. The van der Waals surface area contributed by atoms with Gasteiger partial charge in [-0.3, -0.25) is 0 Å². The van der Waals surface area contributed by atoms with Crippen molar-refractivity contribution in [2.45, 2.75) is 44.7 Å². The molecule has 1 atom stereocenters. The molecule has 0 heterocycles. The number of hydrogen-bond acceptors (Lipinski definition) is 5. The second kappa shape index (κ2) is 9.38. The van der Waals surface area contributed by atoms with Crippen LogP contribution in [0, 0.1) is 0 Å². The van der Waals surface area contributed by atoms with E-state index in [4.69, 9.17) is 4.18 Å². The van der Waals surface area contributed by atoms with Crippen LogP contribution in [-0.2, 0) is 26.7 Å². The van der Waals surface area contributed by atoms with Gasteiger partial charge in [-0.15, -0.1) is 0 Å². The number of benzene rings is 3. The average Bonchev–Trinajstić information content (AvgIpc) is 2.77. The van der Waals surface area contributed by atoms with E-state index in [1.165, 1.54) is 11.2 Å². The lowest BCUT2D eigenvalue weighted by atomic mass is 10.1. The van der Waals surface area contributed by atoms with Crippen LogP contribution < -0.4 is 4.18 Å². The summed E-state index contributed by atoms with van der Waals surface area (Å²) in [6.07, 6.45) is 0.656. The van der Waals surface area contributed by atoms with E-state index < -0.39 is 20.1 Å². The molecule has 0 saturated heterocycles. The van der Waals surface area contributed by atoms with Gasteiger partial charge in [0.25, 0.3) is 0 Å². The number of sulfonamides is 1. The van der Waals surface area contributed by atoms with Crippen LogP contribution in [0.25, 0.3) is 10.8 Å². The molecule has 6 nitrogen and oxygen atoms in total. The molecule has 0 bridgehead atoms. The Kier molecular flexibility index (Phi) is 7.03. The maximum absolute atomic E-state index is 13.5. The minimum atomic E-state index is -3.74. The third kappa shape index (κ3) is 5.44. The van der Waals surface area contributed by atoms with Gasteiger partial charge >= 0.3 is 10.1 Å². The van der Waals surface area contributed by atoms with E-state index in [0.717, 1.165) is 16.3 Å². The van der Waals surface area contributed by atoms with Crippen molar-refractivity contribution in [3.05, 3.63) is 72.3 Å². The van der Waals surface area contributed by atoms with Gasteiger partial charge < -0.3 is 4.18 Å². The quantitative estimate of drug-likeness (QED) is 0.437. The highest BCUT2D eigenvalue weighted by molar-refractivity contribution is 7.89. The van der Waals surface area contributed by atoms with Crippen LogP contribution in [0.5, 0.6) is 5.75 Å². The number of nitrogens with zero attached hydrogens (tertiary/aromatic N) is 1. The van der Waals surface area contributed by atoms with Crippen molar-refractivity contribution < 1.29 is 21.0 Å². The highest BCUT2D eigenvalue weighted by atomic mass is 32.2. The Morgan fingerprint density at radius 2 is 1.52 bits per heavy atom. The molecule has 0 aliphatic rings. The molecule has 8 heteroatoms. The monoisotopic (exact) mass is 461 g/mol. The van der Waals surface area contributed by atoms with Gasteiger partial charge in [-0.05, 0) is 60.9 Å². The second-order valence-electron chi connectivity index (χ2n) is 7.39. The Morgan fingerprint density at radius 3 is 2.13 bits per heavy atom. The molecule has 31 heavy (non-hydrogen) atoms. The Labute approximate surface area is 184 Å². The Balaban J connectivity index is 1.90. The lowest BCUT2D eigenvalue weighted by Gasteiger charge is -2.28. The Hall–Kier alpha value is -2.42. The fraction of sp³-hybridized carbons (Fsp3) is 0.304. The fourth-order valence-corrected chi connectivity index (χ4v) is 5.43. The predicted octanol–water partition coefficient (Wildman–Crippen LogP) is 4.56. The minimum absolute atomic E-state index is 0.124. The first-order valence-corrected chi connectivity index (χ1v) is 13.2. The fourth-order valence-electron chi connectivity index (χ4n) is 3.18. The van der Waals surface area contributed by atoms with Crippen LogP contribution in [0.15, 0.2) is 71.6 Å². The summed E-state index contributed by atoms with van der Waals surface area (Å²) < 4.78 is 56.7. The maximum atomic E-state index is 13.5. The normalized spacial score (nSPS) is 13.4. The van der Waals surface area contributed by atoms with Crippen molar-refractivity contribution >= 4 is 30.9 Å². The van der Waals surface area contributed by atoms with Crippen LogP contribution in [0.1, 0.15) is 32.8 Å². The zero-order chi connectivity index (χ0) is 22.6. The molecular formula is C23H27NO5S2. The number of hydrogen-bond donors (Lipinski definition) is 0. The summed E-state index contributed by atoms with van der Waals surface area (Å²) in [5, 5.41) is 1.85. The summed E-state index contributed by atoms with van der Waals surface area (Å²) in [5.41, 5.74) is 0.742. The molecule has 3 aromatic carbocycles. The van der Waals surface area contributed by atoms with E-state index in [1.807, 2.05) is 44.2 Å². The predicted molar refractivity (Wildman–Crippen MR) is 123 cm³/mol. The first-order chi connectivity index (χ1) is 14.7. The minimum Gasteiger partial charge on any atom is -0.382 e. The molecule has 0 amide bonds. The second-order valence-corrected chi connectivity index (χ2v) is 11.1. The van der Waals surface area contributed by atoms with Gasteiger partial charge in [0.05, 0.1) is 10.6 Å². The van der Waals surface area contributed by atoms with Crippen LogP contribution in [-0.4, -0.2) is 32.9 Å². The third-order valence-corrected chi connectivity index (χ3v) is 8.36. The first-order valence-electron chi connectivity index (χ1n) is 10.2. The van der Waals surface area contributed by atoms with E-state index in [0.29, 0.717) is 6.42 Å². The maximum Gasteiger partial charge on any atom is 0.308 e. The summed E-state index contributed by atoms with van der Waals surface area (Å²) in [5.74, 6) is 0.0821. The van der Waals surface area contributed by atoms with Gasteiger partial charge in [0.15, 0.2) is 0 Å². The number of rotatable bonds is 9. The Morgan fingerprint density at radius 1 is 0.871 bits per heavy atom. The van der Waals surface area contributed by atoms with Crippen molar-refractivity contribution in [3.8, 4) is 5.75 Å². The van der Waals surface area contributed by atoms with Crippen molar-refractivity contribution in [3.63, 3.8) is 0 Å². The summed E-state index contributed by atoms with van der Waals surface area (Å²) >= 11 is 0. The Bertz CT molecular complexity index is 1250. The lowest BCUT2D eigenvalue weighted by molar-refractivity contribution is 0.323. The summed E-state index contributed by atoms with van der Waals surface area (Å²) in [4.78, 5) is 0.250. The first kappa shape index (κ1) is 23.2. The molecule has 166 valence electrons. The van der Waals surface area contributed by atoms with Gasteiger partial charge in [0.1, 0.15) is 5.75 Å².